The first kappa shape index (κ1) is 16.5. The van der Waals surface area contributed by atoms with Gasteiger partial charge in [0.2, 0.25) is 0 Å². The van der Waals surface area contributed by atoms with Crippen LogP contribution < -0.4 is 0 Å². The molecule has 2 bridgehead atoms. The number of hydrogen-bond acceptors (Lipinski definition) is 10. The van der Waals surface area contributed by atoms with Gasteiger partial charge in [-0.15, -0.1) is 0 Å². The minimum absolute atomic E-state index is 0.0842. The number of aliphatic hydroxyl groups excluding tert-OH is 6. The van der Waals surface area contributed by atoms with Crippen LogP contribution in [0, 0.1) is 0 Å². The third-order valence-electron chi connectivity index (χ3n) is 4.21. The first-order valence-corrected chi connectivity index (χ1v) is 7.03. The Balaban J connectivity index is 1.71. The number of fused-ring (bicyclic) bond motifs is 2. The Hall–Kier alpha value is -0.400. The van der Waals surface area contributed by atoms with E-state index in [-0.39, 0.29) is 6.61 Å². The topological polar surface area (TPSA) is 158 Å². The summed E-state index contributed by atoms with van der Waals surface area (Å²) in [6.45, 7) is -0.507. The fourth-order valence-corrected chi connectivity index (χ4v) is 2.87. The molecular formula is C12H20O10. The van der Waals surface area contributed by atoms with Gasteiger partial charge in [-0.1, -0.05) is 0 Å². The third-order valence-corrected chi connectivity index (χ3v) is 4.21. The molecule has 3 heterocycles. The van der Waals surface area contributed by atoms with Crippen LogP contribution >= 0.6 is 0 Å². The lowest BCUT2D eigenvalue weighted by molar-refractivity contribution is -0.337. The van der Waals surface area contributed by atoms with E-state index in [1.165, 1.54) is 0 Å². The molecule has 3 fully saturated rings. The molecule has 0 aromatic heterocycles. The first-order valence-electron chi connectivity index (χ1n) is 7.03. The Kier molecular flexibility index (Phi) is 4.67. The fourth-order valence-electron chi connectivity index (χ4n) is 2.87. The highest BCUT2D eigenvalue weighted by Gasteiger charge is 2.53. The van der Waals surface area contributed by atoms with E-state index in [0.29, 0.717) is 0 Å². The van der Waals surface area contributed by atoms with Gasteiger partial charge < -0.3 is 49.6 Å². The van der Waals surface area contributed by atoms with Crippen LogP contribution in [0.3, 0.4) is 0 Å². The molecule has 9 unspecified atom stereocenters. The lowest BCUT2D eigenvalue weighted by Gasteiger charge is -2.43. The van der Waals surface area contributed by atoms with E-state index in [4.69, 9.17) is 24.1 Å². The Morgan fingerprint density at radius 2 is 1.59 bits per heavy atom. The zero-order chi connectivity index (χ0) is 16.0. The summed E-state index contributed by atoms with van der Waals surface area (Å²) in [7, 11) is 0. The monoisotopic (exact) mass is 324 g/mol. The van der Waals surface area contributed by atoms with Crippen LogP contribution in [0.2, 0.25) is 0 Å². The molecule has 0 spiro atoms. The summed E-state index contributed by atoms with van der Waals surface area (Å²) in [4.78, 5) is 0. The van der Waals surface area contributed by atoms with Crippen molar-refractivity contribution in [2.45, 2.75) is 61.4 Å². The van der Waals surface area contributed by atoms with Crippen molar-refractivity contribution >= 4 is 0 Å². The smallest absolute Gasteiger partial charge is 0.187 e. The van der Waals surface area contributed by atoms with Gasteiger partial charge in [0.25, 0.3) is 0 Å². The molecule has 0 saturated carbocycles. The summed E-state index contributed by atoms with van der Waals surface area (Å²) in [5.74, 6) is 0. The molecule has 3 aliphatic rings. The normalized spacial score (nSPS) is 55.4. The predicted molar refractivity (Wildman–Crippen MR) is 65.3 cm³/mol. The van der Waals surface area contributed by atoms with Gasteiger partial charge in [0.1, 0.15) is 48.8 Å². The average molecular weight is 324 g/mol. The molecule has 3 rings (SSSR count). The van der Waals surface area contributed by atoms with Crippen LogP contribution in [0.25, 0.3) is 0 Å². The first-order chi connectivity index (χ1) is 10.4. The van der Waals surface area contributed by atoms with E-state index in [0.717, 1.165) is 0 Å². The van der Waals surface area contributed by atoms with E-state index in [2.05, 4.69) is 0 Å². The summed E-state index contributed by atoms with van der Waals surface area (Å²) in [5, 5.41) is 58.3. The highest BCUT2D eigenvalue weighted by Crippen LogP contribution is 2.32. The lowest BCUT2D eigenvalue weighted by Crippen LogP contribution is -2.62. The number of rotatable bonds is 3. The Bertz CT molecular complexity index is 392. The summed E-state index contributed by atoms with van der Waals surface area (Å²) >= 11 is 0. The molecule has 3 saturated heterocycles. The van der Waals surface area contributed by atoms with Gasteiger partial charge in [-0.2, -0.15) is 0 Å². The molecule has 0 amide bonds. The van der Waals surface area contributed by atoms with Gasteiger partial charge in [0, 0.05) is 0 Å². The maximum absolute atomic E-state index is 10.0. The molecule has 128 valence electrons. The van der Waals surface area contributed by atoms with Crippen LogP contribution in [0.15, 0.2) is 0 Å². The van der Waals surface area contributed by atoms with E-state index in [1.54, 1.807) is 0 Å². The summed E-state index contributed by atoms with van der Waals surface area (Å²) in [6.07, 6.45) is -12.5. The van der Waals surface area contributed by atoms with E-state index in [1.807, 2.05) is 0 Å². The summed E-state index contributed by atoms with van der Waals surface area (Å²) < 4.78 is 21.1. The van der Waals surface area contributed by atoms with Crippen molar-refractivity contribution in [1.82, 2.24) is 0 Å². The largest absolute Gasteiger partial charge is 0.394 e. The second-order valence-electron chi connectivity index (χ2n) is 5.66. The van der Waals surface area contributed by atoms with Crippen LogP contribution in [0.5, 0.6) is 0 Å². The van der Waals surface area contributed by atoms with Gasteiger partial charge in [-0.25, -0.2) is 0 Å². The molecule has 3 aliphatic heterocycles. The van der Waals surface area contributed by atoms with Crippen LogP contribution in [0.4, 0.5) is 0 Å². The van der Waals surface area contributed by atoms with Crippen molar-refractivity contribution in [2.24, 2.45) is 0 Å². The molecule has 0 radical (unpaired) electrons. The average Bonchev–Trinajstić information content (AvgIpc) is 2.96. The van der Waals surface area contributed by atoms with Crippen LogP contribution in [0.1, 0.15) is 0 Å². The number of hydrogen-bond donors (Lipinski definition) is 6. The highest BCUT2D eigenvalue weighted by atomic mass is 16.8. The van der Waals surface area contributed by atoms with Crippen molar-refractivity contribution in [3.63, 3.8) is 0 Å². The quantitative estimate of drug-likeness (QED) is 0.299. The molecule has 10 heteroatoms. The maximum Gasteiger partial charge on any atom is 0.187 e. The Morgan fingerprint density at radius 1 is 0.864 bits per heavy atom. The molecule has 0 aromatic carbocycles. The SMILES string of the molecule is OC[C@@H]1OC(OC2C3COC(O3)C(O)C2O)C(O)C(O)C1O. The Labute approximate surface area is 125 Å². The molecule has 6 N–H and O–H groups in total. The van der Waals surface area contributed by atoms with Crippen molar-refractivity contribution < 1.29 is 49.6 Å². The van der Waals surface area contributed by atoms with Crippen molar-refractivity contribution in [1.29, 1.82) is 0 Å². The molecule has 10 nitrogen and oxygen atoms in total. The predicted octanol–water partition coefficient (Wildman–Crippen LogP) is -4.35. The molecule has 0 aromatic rings. The van der Waals surface area contributed by atoms with Gasteiger partial charge in [-0.05, 0) is 0 Å². The Morgan fingerprint density at radius 3 is 2.27 bits per heavy atom. The zero-order valence-corrected chi connectivity index (χ0v) is 11.5. The second kappa shape index (κ2) is 6.24. The van der Waals surface area contributed by atoms with E-state index in [9.17, 15) is 25.5 Å². The second-order valence-corrected chi connectivity index (χ2v) is 5.66. The summed E-state index contributed by atoms with van der Waals surface area (Å²) in [6, 6.07) is 0. The fraction of sp³-hybridized carbons (Fsp3) is 1.00. The number of ether oxygens (including phenoxy) is 4. The van der Waals surface area contributed by atoms with E-state index >= 15 is 0 Å². The third kappa shape index (κ3) is 2.65. The number of aliphatic hydroxyl groups is 6. The van der Waals surface area contributed by atoms with Gasteiger partial charge in [0.05, 0.1) is 13.2 Å². The van der Waals surface area contributed by atoms with Gasteiger partial charge in [-0.3, -0.25) is 0 Å². The molecular weight excluding hydrogens is 304 g/mol. The van der Waals surface area contributed by atoms with Gasteiger partial charge in [0.15, 0.2) is 12.6 Å². The van der Waals surface area contributed by atoms with Gasteiger partial charge >= 0.3 is 0 Å². The van der Waals surface area contributed by atoms with E-state index < -0.39 is 68.0 Å². The van der Waals surface area contributed by atoms with Crippen molar-refractivity contribution in [2.75, 3.05) is 13.2 Å². The molecule has 10 atom stereocenters. The van der Waals surface area contributed by atoms with Crippen LogP contribution in [-0.2, 0) is 18.9 Å². The molecule has 0 aliphatic carbocycles. The summed E-state index contributed by atoms with van der Waals surface area (Å²) in [5.41, 5.74) is 0. The zero-order valence-electron chi connectivity index (χ0n) is 11.5. The van der Waals surface area contributed by atoms with Crippen LogP contribution in [-0.4, -0.2) is 105 Å². The molecule has 22 heavy (non-hydrogen) atoms. The highest BCUT2D eigenvalue weighted by molar-refractivity contribution is 4.96. The lowest BCUT2D eigenvalue weighted by atomic mass is 9.98. The van der Waals surface area contributed by atoms with Crippen molar-refractivity contribution in [3.8, 4) is 0 Å². The minimum atomic E-state index is -1.60. The maximum atomic E-state index is 10.0. The minimum Gasteiger partial charge on any atom is -0.394 e. The standard InChI is InChI=1S/C12H20O10/c13-1-3-5(14)6(15)8(17)12(20-3)22-10-4-2-19-11(21-4)9(18)7(10)16/h3-18H,1-2H2/t3-,4?,5?,6?,7?,8?,9?,10?,11?,12?/m0/s1. The van der Waals surface area contributed by atoms with Crippen molar-refractivity contribution in [3.05, 3.63) is 0 Å².